The van der Waals surface area contributed by atoms with Gasteiger partial charge >= 0.3 is 0 Å². The quantitative estimate of drug-likeness (QED) is 0.433. The first-order chi connectivity index (χ1) is 4.10. The van der Waals surface area contributed by atoms with Gasteiger partial charge in [-0.1, -0.05) is 13.8 Å². The van der Waals surface area contributed by atoms with E-state index in [0.717, 1.165) is 0 Å². The van der Waals surface area contributed by atoms with Gasteiger partial charge in [0.25, 0.3) is 0 Å². The van der Waals surface area contributed by atoms with Gasteiger partial charge < -0.3 is 0 Å². The van der Waals surface area contributed by atoms with E-state index < -0.39 is 0 Å². The van der Waals surface area contributed by atoms with Crippen molar-refractivity contribution in [3.05, 3.63) is 0 Å². The molecule has 1 heteroatoms. The Morgan fingerprint density at radius 3 is 2.44 bits per heavy atom. The highest BCUT2D eigenvalue weighted by atomic mass is 15.0. The summed E-state index contributed by atoms with van der Waals surface area (Å²) in [5.74, 6) is 0. The Morgan fingerprint density at radius 2 is 2.11 bits per heavy atom. The Morgan fingerprint density at radius 1 is 1.44 bits per heavy atom. The van der Waals surface area contributed by atoms with Gasteiger partial charge in [0.15, 0.2) is 0 Å². The van der Waals surface area contributed by atoms with E-state index in [1.807, 2.05) is 0 Å². The van der Waals surface area contributed by atoms with E-state index in [1.165, 1.54) is 19.4 Å². The molecule has 0 unspecified atom stereocenters. The van der Waals surface area contributed by atoms with Crippen LogP contribution in [0.15, 0.2) is 0 Å². The van der Waals surface area contributed by atoms with Gasteiger partial charge in [-0.05, 0) is 6.42 Å². The van der Waals surface area contributed by atoms with Crippen LogP contribution in [0.2, 0.25) is 0 Å². The second-order valence-corrected chi connectivity index (χ2v) is 3.70. The molecule has 0 fully saturated rings. The normalized spacial score (nSPS) is 25.4. The third-order valence-corrected chi connectivity index (χ3v) is 1.90. The predicted molar refractivity (Wildman–Crippen MR) is 40.1 cm³/mol. The minimum Gasteiger partial charge on any atom is -0.242 e. The van der Waals surface area contributed by atoms with Gasteiger partial charge in [0.2, 0.25) is 0 Å². The van der Waals surface area contributed by atoms with Gasteiger partial charge in [0, 0.05) is 11.8 Å². The number of rotatable bonds is 0. The molecule has 0 aromatic rings. The Hall–Kier alpha value is -0.330. The fourth-order valence-corrected chi connectivity index (χ4v) is 1.51. The van der Waals surface area contributed by atoms with Crippen molar-refractivity contribution in [1.82, 2.24) is 0 Å². The highest BCUT2D eigenvalue weighted by molar-refractivity contribution is 5.59. The first-order valence-electron chi connectivity index (χ1n) is 3.66. The third kappa shape index (κ3) is 1.81. The van der Waals surface area contributed by atoms with E-state index in [-0.39, 0.29) is 0 Å². The highest BCUT2D eigenvalue weighted by Gasteiger charge is 2.23. The van der Waals surface area contributed by atoms with Crippen LogP contribution in [0, 0.1) is 5.41 Å². The molecule has 1 rings (SSSR count). The molecule has 9 heavy (non-hydrogen) atoms. The molecule has 0 aliphatic carbocycles. The SMILES string of the molecule is C[N+]1=CC(C)(C)CCC1. The molecular formula is C8H16N+. The Bertz CT molecular complexity index is 134. The largest absolute Gasteiger partial charge is 0.242 e. The Labute approximate surface area is 57.4 Å². The second kappa shape index (κ2) is 2.13. The molecule has 0 amide bonds. The molecule has 1 aliphatic rings. The monoisotopic (exact) mass is 126 g/mol. The summed E-state index contributed by atoms with van der Waals surface area (Å²) in [4.78, 5) is 0. The van der Waals surface area contributed by atoms with Crippen LogP contribution in [0.25, 0.3) is 0 Å². The van der Waals surface area contributed by atoms with Crippen LogP contribution in [0.1, 0.15) is 26.7 Å². The van der Waals surface area contributed by atoms with Crippen LogP contribution in [-0.2, 0) is 0 Å². The lowest BCUT2D eigenvalue weighted by Crippen LogP contribution is -2.27. The summed E-state index contributed by atoms with van der Waals surface area (Å²) in [5.41, 5.74) is 0.451. The van der Waals surface area contributed by atoms with Crippen molar-refractivity contribution in [2.24, 2.45) is 5.41 Å². The Kier molecular flexibility index (Phi) is 1.60. The lowest BCUT2D eigenvalue weighted by Gasteiger charge is -2.20. The summed E-state index contributed by atoms with van der Waals surface area (Å²) in [7, 11) is 2.15. The van der Waals surface area contributed by atoms with Crippen molar-refractivity contribution in [1.29, 1.82) is 0 Å². The zero-order chi connectivity index (χ0) is 6.91. The molecule has 0 bridgehead atoms. The summed E-state index contributed by atoms with van der Waals surface area (Å²) in [6.07, 6.45) is 5.02. The molecule has 1 aliphatic heterocycles. The van der Waals surface area contributed by atoms with E-state index >= 15 is 0 Å². The van der Waals surface area contributed by atoms with Crippen LogP contribution >= 0.6 is 0 Å². The van der Waals surface area contributed by atoms with E-state index in [9.17, 15) is 0 Å². The third-order valence-electron chi connectivity index (χ3n) is 1.90. The standard InChI is InChI=1S/C8H16N/c1-8(2)5-4-6-9(3)7-8/h7H,4-6H2,1-3H3/q+1. The lowest BCUT2D eigenvalue weighted by molar-refractivity contribution is -0.501. The molecule has 0 radical (unpaired) electrons. The van der Waals surface area contributed by atoms with Gasteiger partial charge in [-0.25, -0.2) is 4.58 Å². The zero-order valence-corrected chi connectivity index (χ0v) is 6.65. The van der Waals surface area contributed by atoms with Crippen molar-refractivity contribution in [3.63, 3.8) is 0 Å². The Balaban J connectivity index is 2.68. The van der Waals surface area contributed by atoms with Crippen LogP contribution in [-0.4, -0.2) is 24.4 Å². The second-order valence-electron chi connectivity index (χ2n) is 3.70. The topological polar surface area (TPSA) is 3.01 Å². The molecular weight excluding hydrogens is 110 g/mol. The molecule has 0 spiro atoms. The highest BCUT2D eigenvalue weighted by Crippen LogP contribution is 2.21. The van der Waals surface area contributed by atoms with E-state index in [4.69, 9.17) is 0 Å². The smallest absolute Gasteiger partial charge is 0.145 e. The van der Waals surface area contributed by atoms with Crippen LogP contribution in [0.4, 0.5) is 0 Å². The van der Waals surface area contributed by atoms with Crippen molar-refractivity contribution in [3.8, 4) is 0 Å². The average Bonchev–Trinajstić information content (AvgIpc) is 1.60. The molecule has 1 nitrogen and oxygen atoms in total. The van der Waals surface area contributed by atoms with Crippen molar-refractivity contribution in [2.45, 2.75) is 26.7 Å². The maximum atomic E-state index is 2.33. The van der Waals surface area contributed by atoms with E-state index in [2.05, 4.69) is 31.7 Å². The van der Waals surface area contributed by atoms with Crippen molar-refractivity contribution in [2.75, 3.05) is 13.6 Å². The van der Waals surface area contributed by atoms with Gasteiger partial charge in [-0.2, -0.15) is 0 Å². The predicted octanol–water partition coefficient (Wildman–Crippen LogP) is 1.52. The first kappa shape index (κ1) is 6.79. The summed E-state index contributed by atoms with van der Waals surface area (Å²) in [6, 6.07) is 0. The van der Waals surface area contributed by atoms with Crippen molar-refractivity contribution >= 4 is 6.21 Å². The maximum Gasteiger partial charge on any atom is 0.145 e. The van der Waals surface area contributed by atoms with Gasteiger partial charge in [0.1, 0.15) is 19.8 Å². The molecule has 52 valence electrons. The first-order valence-corrected chi connectivity index (χ1v) is 3.66. The van der Waals surface area contributed by atoms with Gasteiger partial charge in [-0.3, -0.25) is 0 Å². The summed E-state index contributed by atoms with van der Waals surface area (Å²) < 4.78 is 2.30. The van der Waals surface area contributed by atoms with E-state index in [0.29, 0.717) is 5.41 Å². The van der Waals surface area contributed by atoms with Gasteiger partial charge in [0.05, 0.1) is 0 Å². The number of hydrogen-bond acceptors (Lipinski definition) is 0. The molecule has 0 atom stereocenters. The fraction of sp³-hybridized carbons (Fsp3) is 0.875. The minimum absolute atomic E-state index is 0.451. The molecule has 0 N–H and O–H groups in total. The van der Waals surface area contributed by atoms with Crippen LogP contribution in [0.3, 0.4) is 0 Å². The van der Waals surface area contributed by atoms with Crippen molar-refractivity contribution < 1.29 is 4.58 Å². The van der Waals surface area contributed by atoms with Gasteiger partial charge in [-0.15, -0.1) is 0 Å². The molecule has 0 aromatic carbocycles. The molecule has 0 saturated carbocycles. The lowest BCUT2D eigenvalue weighted by atomic mass is 9.87. The number of nitrogens with zero attached hydrogens (tertiary/aromatic N) is 1. The fourth-order valence-electron chi connectivity index (χ4n) is 1.51. The summed E-state index contributed by atoms with van der Waals surface area (Å²) >= 11 is 0. The minimum atomic E-state index is 0.451. The average molecular weight is 126 g/mol. The van der Waals surface area contributed by atoms with Crippen LogP contribution < -0.4 is 0 Å². The summed E-state index contributed by atoms with van der Waals surface area (Å²) in [5, 5.41) is 0. The molecule has 1 heterocycles. The number of hydrogen-bond donors (Lipinski definition) is 0. The van der Waals surface area contributed by atoms with Crippen LogP contribution in [0.5, 0.6) is 0 Å². The maximum absolute atomic E-state index is 2.33. The molecule has 0 aromatic heterocycles. The summed E-state index contributed by atoms with van der Waals surface area (Å²) in [6.45, 7) is 5.83. The molecule has 0 saturated heterocycles. The van der Waals surface area contributed by atoms with E-state index in [1.54, 1.807) is 0 Å². The zero-order valence-electron chi connectivity index (χ0n) is 6.65.